The van der Waals surface area contributed by atoms with Gasteiger partial charge in [0, 0.05) is 17.3 Å². The van der Waals surface area contributed by atoms with Crippen LogP contribution in [0.3, 0.4) is 0 Å². The first-order valence-electron chi connectivity index (χ1n) is 6.81. The van der Waals surface area contributed by atoms with Gasteiger partial charge in [0.05, 0.1) is 6.61 Å². The molecule has 1 aromatic rings. The molecule has 0 saturated heterocycles. The number of rotatable bonds is 7. The summed E-state index contributed by atoms with van der Waals surface area (Å²) in [6.07, 6.45) is 4.47. The normalized spacial score (nSPS) is 20.0. The van der Waals surface area contributed by atoms with Crippen molar-refractivity contribution in [2.45, 2.75) is 37.1 Å². The van der Waals surface area contributed by atoms with E-state index in [-0.39, 0.29) is 29.8 Å². The van der Waals surface area contributed by atoms with E-state index in [2.05, 4.69) is 12.2 Å². The van der Waals surface area contributed by atoms with E-state index in [9.17, 15) is 9.50 Å². The fourth-order valence-electron chi connectivity index (χ4n) is 2.43. The van der Waals surface area contributed by atoms with E-state index in [1.807, 2.05) is 18.4 Å². The summed E-state index contributed by atoms with van der Waals surface area (Å²) in [7, 11) is 0. The van der Waals surface area contributed by atoms with Gasteiger partial charge in [0.15, 0.2) is 0 Å². The maximum atomic E-state index is 13.0. The van der Waals surface area contributed by atoms with Crippen molar-refractivity contribution in [3.8, 4) is 0 Å². The van der Waals surface area contributed by atoms with E-state index >= 15 is 0 Å². The Balaban J connectivity index is 2.06. The van der Waals surface area contributed by atoms with Crippen molar-refractivity contribution in [3.05, 3.63) is 35.6 Å². The van der Waals surface area contributed by atoms with E-state index in [4.69, 9.17) is 0 Å². The number of benzene rings is 1. The lowest BCUT2D eigenvalue weighted by atomic mass is 10.0. The van der Waals surface area contributed by atoms with Crippen LogP contribution >= 0.6 is 11.8 Å². The van der Waals surface area contributed by atoms with Crippen molar-refractivity contribution in [2.75, 3.05) is 12.9 Å². The van der Waals surface area contributed by atoms with Crippen LogP contribution in [0.1, 0.15) is 31.4 Å². The van der Waals surface area contributed by atoms with Gasteiger partial charge >= 0.3 is 0 Å². The van der Waals surface area contributed by atoms with Crippen molar-refractivity contribution in [2.24, 2.45) is 5.92 Å². The summed E-state index contributed by atoms with van der Waals surface area (Å²) in [5, 5.41) is 13.2. The Morgan fingerprint density at radius 1 is 1.37 bits per heavy atom. The summed E-state index contributed by atoms with van der Waals surface area (Å²) in [6.45, 7) is 2.28. The molecule has 4 heteroatoms. The van der Waals surface area contributed by atoms with E-state index in [1.54, 1.807) is 11.8 Å². The largest absolute Gasteiger partial charge is 0.395 e. The Hall–Kier alpha value is -0.580. The summed E-state index contributed by atoms with van der Waals surface area (Å²) in [5.41, 5.74) is 1.15. The van der Waals surface area contributed by atoms with Gasteiger partial charge in [-0.1, -0.05) is 12.1 Å². The number of thioether (sulfide) groups is 1. The van der Waals surface area contributed by atoms with Crippen molar-refractivity contribution in [1.82, 2.24) is 5.32 Å². The second kappa shape index (κ2) is 6.73. The zero-order chi connectivity index (χ0) is 13.8. The van der Waals surface area contributed by atoms with Crippen molar-refractivity contribution < 1.29 is 9.50 Å². The minimum absolute atomic E-state index is 0.177. The lowest BCUT2D eigenvalue weighted by Gasteiger charge is -2.28. The Bertz CT molecular complexity index is 390. The molecule has 2 rings (SSSR count). The van der Waals surface area contributed by atoms with Crippen LogP contribution in [0.25, 0.3) is 0 Å². The maximum Gasteiger partial charge on any atom is 0.123 e. The second-order valence-electron chi connectivity index (χ2n) is 5.28. The molecule has 1 fully saturated rings. The fourth-order valence-corrected chi connectivity index (χ4v) is 3.07. The molecule has 2 N–H and O–H groups in total. The molecular formula is C15H22FNOS. The van der Waals surface area contributed by atoms with Crippen molar-refractivity contribution in [1.29, 1.82) is 0 Å². The highest BCUT2D eigenvalue weighted by molar-refractivity contribution is 7.99. The van der Waals surface area contributed by atoms with Gasteiger partial charge in [-0.2, -0.15) is 11.8 Å². The van der Waals surface area contributed by atoms with Crippen LogP contribution < -0.4 is 5.32 Å². The van der Waals surface area contributed by atoms with Crippen molar-refractivity contribution in [3.63, 3.8) is 0 Å². The summed E-state index contributed by atoms with van der Waals surface area (Å²) in [6, 6.07) is 7.29. The first-order valence-corrected chi connectivity index (χ1v) is 8.09. The van der Waals surface area contributed by atoms with Gasteiger partial charge in [-0.25, -0.2) is 4.39 Å². The highest BCUT2D eigenvalue weighted by atomic mass is 32.2. The third-order valence-electron chi connectivity index (χ3n) is 3.81. The van der Waals surface area contributed by atoms with Crippen LogP contribution in [-0.2, 0) is 0 Å². The molecule has 0 heterocycles. The SMILES string of the molecule is CSC(CO)C(C)NC(c1ccc(F)cc1)C1CC1. The lowest BCUT2D eigenvalue weighted by Crippen LogP contribution is -2.40. The second-order valence-corrected chi connectivity index (χ2v) is 6.36. The zero-order valence-corrected chi connectivity index (χ0v) is 12.3. The molecule has 106 valence electrons. The minimum Gasteiger partial charge on any atom is -0.395 e. The predicted octanol–water partition coefficient (Wildman–Crippen LogP) is 2.98. The summed E-state index contributed by atoms with van der Waals surface area (Å²) >= 11 is 1.68. The molecule has 0 amide bonds. The van der Waals surface area contributed by atoms with E-state index in [0.29, 0.717) is 5.92 Å². The number of hydrogen-bond acceptors (Lipinski definition) is 3. The zero-order valence-electron chi connectivity index (χ0n) is 11.5. The predicted molar refractivity (Wildman–Crippen MR) is 78.9 cm³/mol. The molecule has 0 spiro atoms. The van der Waals surface area contributed by atoms with E-state index in [0.717, 1.165) is 5.56 Å². The fraction of sp³-hybridized carbons (Fsp3) is 0.600. The van der Waals surface area contributed by atoms with Crippen LogP contribution in [0.15, 0.2) is 24.3 Å². The highest BCUT2D eigenvalue weighted by Crippen LogP contribution is 2.41. The molecule has 19 heavy (non-hydrogen) atoms. The van der Waals surface area contributed by atoms with E-state index < -0.39 is 0 Å². The number of aliphatic hydroxyl groups is 1. The first-order chi connectivity index (χ1) is 9.15. The number of hydrogen-bond donors (Lipinski definition) is 2. The Morgan fingerprint density at radius 2 is 2.00 bits per heavy atom. The average molecular weight is 283 g/mol. The average Bonchev–Trinajstić information content (AvgIpc) is 3.23. The van der Waals surface area contributed by atoms with E-state index in [1.165, 1.54) is 25.0 Å². The van der Waals surface area contributed by atoms with Gasteiger partial charge in [-0.05, 0) is 49.6 Å². The number of halogens is 1. The minimum atomic E-state index is -0.191. The Kier molecular flexibility index (Phi) is 5.25. The van der Waals surface area contributed by atoms with Crippen LogP contribution in [0, 0.1) is 11.7 Å². The molecule has 0 aliphatic heterocycles. The van der Waals surface area contributed by atoms with Gasteiger partial charge in [-0.15, -0.1) is 0 Å². The molecule has 3 unspecified atom stereocenters. The molecule has 0 aromatic heterocycles. The molecule has 3 atom stereocenters. The molecule has 1 aliphatic carbocycles. The van der Waals surface area contributed by atoms with Gasteiger partial charge in [0.1, 0.15) is 5.82 Å². The number of aliphatic hydroxyl groups excluding tert-OH is 1. The van der Waals surface area contributed by atoms with Crippen LogP contribution in [0.2, 0.25) is 0 Å². The Labute approximate surface area is 118 Å². The lowest BCUT2D eigenvalue weighted by molar-refractivity contribution is 0.267. The van der Waals surface area contributed by atoms with Crippen LogP contribution in [0.5, 0.6) is 0 Å². The topological polar surface area (TPSA) is 32.3 Å². The summed E-state index contributed by atoms with van der Waals surface area (Å²) in [5.74, 6) is 0.456. The molecule has 2 nitrogen and oxygen atoms in total. The molecule has 1 aromatic carbocycles. The molecule has 1 aliphatic rings. The molecule has 1 saturated carbocycles. The van der Waals surface area contributed by atoms with Crippen molar-refractivity contribution >= 4 is 11.8 Å². The van der Waals surface area contributed by atoms with Crippen LogP contribution in [-0.4, -0.2) is 29.3 Å². The maximum absolute atomic E-state index is 13.0. The summed E-state index contributed by atoms with van der Waals surface area (Å²) in [4.78, 5) is 0. The van der Waals surface area contributed by atoms with Gasteiger partial charge in [0.2, 0.25) is 0 Å². The molecule has 0 bridgehead atoms. The number of nitrogens with one attached hydrogen (secondary N) is 1. The van der Waals surface area contributed by atoms with Crippen LogP contribution in [0.4, 0.5) is 4.39 Å². The third kappa shape index (κ3) is 3.94. The van der Waals surface area contributed by atoms with Gasteiger partial charge in [-0.3, -0.25) is 0 Å². The quantitative estimate of drug-likeness (QED) is 0.807. The first kappa shape index (κ1) is 14.8. The van der Waals surface area contributed by atoms with Gasteiger partial charge in [0.25, 0.3) is 0 Å². The Morgan fingerprint density at radius 3 is 2.47 bits per heavy atom. The van der Waals surface area contributed by atoms with Gasteiger partial charge < -0.3 is 10.4 Å². The molecular weight excluding hydrogens is 261 g/mol. The smallest absolute Gasteiger partial charge is 0.123 e. The standard InChI is InChI=1S/C15H22FNOS/c1-10(14(9-18)19-2)17-15(11-3-4-11)12-5-7-13(16)8-6-12/h5-8,10-11,14-15,17-18H,3-4,9H2,1-2H3. The summed E-state index contributed by atoms with van der Waals surface area (Å²) < 4.78 is 13.0. The monoisotopic (exact) mass is 283 g/mol. The third-order valence-corrected chi connectivity index (χ3v) is 4.97. The molecule has 0 radical (unpaired) electrons. The highest BCUT2D eigenvalue weighted by Gasteiger charge is 2.34.